The molecule has 4 aromatic rings. The lowest BCUT2D eigenvalue weighted by Gasteiger charge is -2.06. The van der Waals surface area contributed by atoms with Crippen LogP contribution >= 0.6 is 23.2 Å². The van der Waals surface area contributed by atoms with Crippen LogP contribution in [0.1, 0.15) is 0 Å². The maximum Gasteiger partial charge on any atom is 0.182 e. The van der Waals surface area contributed by atoms with Crippen molar-refractivity contribution >= 4 is 45.1 Å². The second kappa shape index (κ2) is 4.69. The Labute approximate surface area is 129 Å². The number of halogens is 2. The Hall–Kier alpha value is -2.17. The number of hydrogen-bond donors (Lipinski definition) is 0. The van der Waals surface area contributed by atoms with Crippen molar-refractivity contribution in [2.24, 2.45) is 0 Å². The quantitative estimate of drug-likeness (QED) is 0.509. The molecule has 4 nitrogen and oxygen atoms in total. The van der Waals surface area contributed by atoms with Crippen molar-refractivity contribution < 1.29 is 4.42 Å². The Bertz CT molecular complexity index is 981. The van der Waals surface area contributed by atoms with Crippen LogP contribution in [0.3, 0.4) is 0 Å². The Morgan fingerprint density at radius 2 is 1.71 bits per heavy atom. The van der Waals surface area contributed by atoms with E-state index in [1.807, 2.05) is 30.3 Å². The largest absolute Gasteiger partial charge is 0.443 e. The van der Waals surface area contributed by atoms with Crippen LogP contribution in [0.4, 0.5) is 0 Å². The predicted molar refractivity (Wildman–Crippen MR) is 82.6 cm³/mol. The minimum Gasteiger partial charge on any atom is -0.443 e. The first kappa shape index (κ1) is 12.6. The molecular formula is C15H7Cl2N3O. The SMILES string of the molecule is Clc1nnc(-c2ccc(Cl)c3ncoc23)c2ccccc12. The zero-order valence-electron chi connectivity index (χ0n) is 10.5. The fourth-order valence-electron chi connectivity index (χ4n) is 2.38. The summed E-state index contributed by atoms with van der Waals surface area (Å²) in [5.41, 5.74) is 2.67. The first-order valence-corrected chi connectivity index (χ1v) is 6.94. The van der Waals surface area contributed by atoms with Crippen molar-refractivity contribution in [1.82, 2.24) is 15.2 Å². The monoisotopic (exact) mass is 315 g/mol. The van der Waals surface area contributed by atoms with E-state index in [0.29, 0.717) is 27.0 Å². The maximum atomic E-state index is 6.12. The Morgan fingerprint density at radius 3 is 2.57 bits per heavy atom. The molecule has 0 aliphatic carbocycles. The topological polar surface area (TPSA) is 51.8 Å². The van der Waals surface area contributed by atoms with Crippen molar-refractivity contribution in [2.75, 3.05) is 0 Å². The van der Waals surface area contributed by atoms with E-state index in [4.69, 9.17) is 27.6 Å². The van der Waals surface area contributed by atoms with E-state index in [1.165, 1.54) is 6.39 Å². The number of oxazole rings is 1. The van der Waals surface area contributed by atoms with Gasteiger partial charge in [0.25, 0.3) is 0 Å². The second-order valence-electron chi connectivity index (χ2n) is 4.51. The zero-order chi connectivity index (χ0) is 14.4. The molecule has 6 heteroatoms. The fraction of sp³-hybridized carbons (Fsp3) is 0. The van der Waals surface area contributed by atoms with Crippen LogP contribution in [-0.2, 0) is 0 Å². The highest BCUT2D eigenvalue weighted by Crippen LogP contribution is 2.35. The molecule has 0 amide bonds. The molecule has 0 aliphatic heterocycles. The lowest BCUT2D eigenvalue weighted by atomic mass is 10.0. The third kappa shape index (κ3) is 1.87. The minimum absolute atomic E-state index is 0.372. The van der Waals surface area contributed by atoms with Gasteiger partial charge in [0.2, 0.25) is 0 Å². The number of nitrogens with zero attached hydrogens (tertiary/aromatic N) is 3. The van der Waals surface area contributed by atoms with E-state index in [-0.39, 0.29) is 0 Å². The van der Waals surface area contributed by atoms with Gasteiger partial charge in [-0.1, -0.05) is 47.5 Å². The summed E-state index contributed by atoms with van der Waals surface area (Å²) in [4.78, 5) is 4.13. The van der Waals surface area contributed by atoms with Gasteiger partial charge in [-0.05, 0) is 12.1 Å². The molecule has 0 saturated carbocycles. The van der Waals surface area contributed by atoms with Crippen LogP contribution in [0.5, 0.6) is 0 Å². The highest BCUT2D eigenvalue weighted by atomic mass is 35.5. The maximum absolute atomic E-state index is 6.12. The van der Waals surface area contributed by atoms with Crippen molar-refractivity contribution in [3.8, 4) is 11.3 Å². The van der Waals surface area contributed by atoms with E-state index in [0.717, 1.165) is 16.3 Å². The number of aromatic nitrogens is 3. The third-order valence-electron chi connectivity index (χ3n) is 3.33. The van der Waals surface area contributed by atoms with Gasteiger partial charge in [0.05, 0.1) is 5.02 Å². The molecule has 4 rings (SSSR count). The van der Waals surface area contributed by atoms with Crippen molar-refractivity contribution in [3.63, 3.8) is 0 Å². The summed E-state index contributed by atoms with van der Waals surface area (Å²) in [6.07, 6.45) is 1.37. The summed E-state index contributed by atoms with van der Waals surface area (Å²) >= 11 is 12.2. The molecule has 0 aliphatic rings. The van der Waals surface area contributed by atoms with Gasteiger partial charge in [-0.2, -0.15) is 0 Å². The Balaban J connectivity index is 2.12. The van der Waals surface area contributed by atoms with Gasteiger partial charge < -0.3 is 4.42 Å². The van der Waals surface area contributed by atoms with Gasteiger partial charge in [-0.25, -0.2) is 4.98 Å². The van der Waals surface area contributed by atoms with Crippen LogP contribution in [0, 0.1) is 0 Å². The molecule has 102 valence electrons. The first-order chi connectivity index (χ1) is 10.3. The van der Waals surface area contributed by atoms with Gasteiger partial charge in [0.15, 0.2) is 17.1 Å². The molecule has 0 atom stereocenters. The van der Waals surface area contributed by atoms with Crippen molar-refractivity contribution in [3.05, 3.63) is 53.0 Å². The smallest absolute Gasteiger partial charge is 0.182 e. The molecule has 2 heterocycles. The highest BCUT2D eigenvalue weighted by molar-refractivity contribution is 6.36. The van der Waals surface area contributed by atoms with E-state index in [2.05, 4.69) is 15.2 Å². The molecule has 0 saturated heterocycles. The van der Waals surface area contributed by atoms with E-state index in [1.54, 1.807) is 6.07 Å². The molecule has 0 N–H and O–H groups in total. The van der Waals surface area contributed by atoms with Crippen LogP contribution in [0.25, 0.3) is 33.1 Å². The first-order valence-electron chi connectivity index (χ1n) is 6.18. The summed E-state index contributed by atoms with van der Waals surface area (Å²) < 4.78 is 5.47. The molecule has 2 aromatic carbocycles. The standard InChI is InChI=1S/C15H7Cl2N3O/c16-11-6-5-10(14-13(11)18-7-21-14)12-8-3-1-2-4-9(8)15(17)20-19-12/h1-7H. The molecule has 0 fully saturated rings. The van der Waals surface area contributed by atoms with E-state index in [9.17, 15) is 0 Å². The molecule has 2 aromatic heterocycles. The molecule has 21 heavy (non-hydrogen) atoms. The summed E-state index contributed by atoms with van der Waals surface area (Å²) in [6, 6.07) is 11.3. The average molecular weight is 316 g/mol. The van der Waals surface area contributed by atoms with Crippen LogP contribution < -0.4 is 0 Å². The average Bonchev–Trinajstić information content (AvgIpc) is 3.00. The van der Waals surface area contributed by atoms with Crippen LogP contribution in [-0.4, -0.2) is 15.2 Å². The lowest BCUT2D eigenvalue weighted by Crippen LogP contribution is -1.92. The van der Waals surface area contributed by atoms with Gasteiger partial charge in [-0.3, -0.25) is 0 Å². The molecule has 0 spiro atoms. The predicted octanol–water partition coefficient (Wildman–Crippen LogP) is 4.74. The van der Waals surface area contributed by atoms with E-state index < -0.39 is 0 Å². The Kier molecular flexibility index (Phi) is 2.80. The minimum atomic E-state index is 0.372. The van der Waals surface area contributed by atoms with E-state index >= 15 is 0 Å². The van der Waals surface area contributed by atoms with Gasteiger partial charge in [-0.15, -0.1) is 10.2 Å². The van der Waals surface area contributed by atoms with Gasteiger partial charge >= 0.3 is 0 Å². The number of rotatable bonds is 1. The Morgan fingerprint density at radius 1 is 0.905 bits per heavy atom. The number of fused-ring (bicyclic) bond motifs is 2. The molecular weight excluding hydrogens is 309 g/mol. The molecule has 0 radical (unpaired) electrons. The van der Waals surface area contributed by atoms with Crippen LogP contribution in [0.15, 0.2) is 47.2 Å². The summed E-state index contributed by atoms with van der Waals surface area (Å²) in [5, 5.41) is 10.9. The second-order valence-corrected chi connectivity index (χ2v) is 5.28. The van der Waals surface area contributed by atoms with Crippen LogP contribution in [0.2, 0.25) is 10.2 Å². The number of hydrogen-bond acceptors (Lipinski definition) is 4. The lowest BCUT2D eigenvalue weighted by molar-refractivity contribution is 0.603. The summed E-state index contributed by atoms with van der Waals surface area (Å²) in [6.45, 7) is 0. The fourth-order valence-corrected chi connectivity index (χ4v) is 2.78. The number of benzene rings is 2. The summed E-state index contributed by atoms with van der Waals surface area (Å²) in [5.74, 6) is 0. The zero-order valence-corrected chi connectivity index (χ0v) is 12.1. The molecule has 0 bridgehead atoms. The highest BCUT2D eigenvalue weighted by Gasteiger charge is 2.16. The third-order valence-corrected chi connectivity index (χ3v) is 3.92. The summed E-state index contributed by atoms with van der Waals surface area (Å²) in [7, 11) is 0. The molecule has 0 unspecified atom stereocenters. The van der Waals surface area contributed by atoms with Crippen molar-refractivity contribution in [1.29, 1.82) is 0 Å². The van der Waals surface area contributed by atoms with Gasteiger partial charge in [0, 0.05) is 16.3 Å². The normalized spacial score (nSPS) is 11.3. The van der Waals surface area contributed by atoms with Gasteiger partial charge in [0.1, 0.15) is 11.2 Å². The van der Waals surface area contributed by atoms with Crippen molar-refractivity contribution in [2.45, 2.75) is 0 Å².